The zero-order chi connectivity index (χ0) is 9.80. The Bertz CT molecular complexity index is 417. The topological polar surface area (TPSA) is 22.1 Å². The number of pyridine rings is 1. The summed E-state index contributed by atoms with van der Waals surface area (Å²) in [5, 5.41) is 0.659. The SMILES string of the molecule is Clc1cccc(Oc2cccnc2)c1. The van der Waals surface area contributed by atoms with Crippen LogP contribution >= 0.6 is 11.6 Å². The second-order valence-electron chi connectivity index (χ2n) is 2.75. The summed E-state index contributed by atoms with van der Waals surface area (Å²) in [5.41, 5.74) is 0. The number of hydrogen-bond acceptors (Lipinski definition) is 2. The molecular weight excluding hydrogens is 198 g/mol. The van der Waals surface area contributed by atoms with E-state index in [0.29, 0.717) is 16.5 Å². The summed E-state index contributed by atoms with van der Waals surface area (Å²) in [7, 11) is 0. The van der Waals surface area contributed by atoms with Crippen LogP contribution in [0.25, 0.3) is 0 Å². The first-order valence-corrected chi connectivity index (χ1v) is 4.56. The van der Waals surface area contributed by atoms with Gasteiger partial charge in [0.05, 0.1) is 6.20 Å². The van der Waals surface area contributed by atoms with Crippen LogP contribution in [0, 0.1) is 0 Å². The van der Waals surface area contributed by atoms with Gasteiger partial charge in [0, 0.05) is 11.2 Å². The van der Waals surface area contributed by atoms with Gasteiger partial charge in [0.25, 0.3) is 0 Å². The predicted molar refractivity (Wildman–Crippen MR) is 55.8 cm³/mol. The van der Waals surface area contributed by atoms with Crippen LogP contribution in [0.2, 0.25) is 5.02 Å². The van der Waals surface area contributed by atoms with E-state index in [9.17, 15) is 0 Å². The van der Waals surface area contributed by atoms with Crippen molar-refractivity contribution in [1.29, 1.82) is 0 Å². The first kappa shape index (κ1) is 9.03. The molecule has 1 heterocycles. The second kappa shape index (κ2) is 4.11. The number of nitrogens with zero attached hydrogens (tertiary/aromatic N) is 1. The van der Waals surface area contributed by atoms with Gasteiger partial charge in [-0.3, -0.25) is 4.98 Å². The molecule has 1 aromatic carbocycles. The van der Waals surface area contributed by atoms with Crippen molar-refractivity contribution in [2.24, 2.45) is 0 Å². The van der Waals surface area contributed by atoms with Crippen LogP contribution < -0.4 is 4.74 Å². The highest BCUT2D eigenvalue weighted by atomic mass is 35.5. The maximum atomic E-state index is 5.82. The maximum Gasteiger partial charge on any atom is 0.145 e. The zero-order valence-corrected chi connectivity index (χ0v) is 8.11. The molecule has 0 amide bonds. The summed E-state index contributed by atoms with van der Waals surface area (Å²) < 4.78 is 5.51. The highest BCUT2D eigenvalue weighted by molar-refractivity contribution is 6.30. The smallest absolute Gasteiger partial charge is 0.145 e. The molecule has 0 fully saturated rings. The summed E-state index contributed by atoms with van der Waals surface area (Å²) in [4.78, 5) is 3.95. The van der Waals surface area contributed by atoms with Crippen LogP contribution in [0.4, 0.5) is 0 Å². The predicted octanol–water partition coefficient (Wildman–Crippen LogP) is 3.53. The third-order valence-electron chi connectivity index (χ3n) is 1.67. The van der Waals surface area contributed by atoms with Crippen molar-refractivity contribution >= 4 is 11.6 Å². The molecule has 0 saturated carbocycles. The van der Waals surface area contributed by atoms with E-state index in [4.69, 9.17) is 16.3 Å². The maximum absolute atomic E-state index is 5.82. The van der Waals surface area contributed by atoms with Gasteiger partial charge in [-0.1, -0.05) is 17.7 Å². The number of halogens is 1. The fourth-order valence-electron chi connectivity index (χ4n) is 1.07. The van der Waals surface area contributed by atoms with Crippen LogP contribution in [0.1, 0.15) is 0 Å². The first-order chi connectivity index (χ1) is 6.84. The molecule has 0 aliphatic rings. The number of aromatic nitrogens is 1. The molecule has 0 N–H and O–H groups in total. The molecule has 0 atom stereocenters. The summed E-state index contributed by atoms with van der Waals surface area (Å²) in [6, 6.07) is 10.9. The van der Waals surface area contributed by atoms with Gasteiger partial charge >= 0.3 is 0 Å². The number of ether oxygens (including phenoxy) is 1. The van der Waals surface area contributed by atoms with E-state index in [1.54, 1.807) is 24.5 Å². The summed E-state index contributed by atoms with van der Waals surface area (Å²) in [5.74, 6) is 1.42. The molecule has 1 aromatic heterocycles. The lowest BCUT2D eigenvalue weighted by Gasteiger charge is -2.04. The minimum atomic E-state index is 0.659. The number of rotatable bonds is 2. The van der Waals surface area contributed by atoms with Crippen molar-refractivity contribution in [3.05, 3.63) is 53.8 Å². The molecule has 0 radical (unpaired) electrons. The second-order valence-corrected chi connectivity index (χ2v) is 3.18. The van der Waals surface area contributed by atoms with Crippen molar-refractivity contribution in [2.45, 2.75) is 0 Å². The average Bonchev–Trinajstić information content (AvgIpc) is 2.19. The fourth-order valence-corrected chi connectivity index (χ4v) is 1.25. The molecule has 14 heavy (non-hydrogen) atoms. The van der Waals surface area contributed by atoms with Crippen LogP contribution in [0.5, 0.6) is 11.5 Å². The van der Waals surface area contributed by atoms with Gasteiger partial charge in [-0.15, -0.1) is 0 Å². The highest BCUT2D eigenvalue weighted by Crippen LogP contribution is 2.22. The zero-order valence-electron chi connectivity index (χ0n) is 7.35. The Hall–Kier alpha value is -1.54. The largest absolute Gasteiger partial charge is 0.456 e. The monoisotopic (exact) mass is 205 g/mol. The quantitative estimate of drug-likeness (QED) is 0.748. The molecule has 2 aromatic rings. The molecule has 0 aliphatic carbocycles. The van der Waals surface area contributed by atoms with Gasteiger partial charge in [-0.05, 0) is 30.3 Å². The summed E-state index contributed by atoms with van der Waals surface area (Å²) in [6.07, 6.45) is 3.35. The van der Waals surface area contributed by atoms with Gasteiger partial charge in [-0.2, -0.15) is 0 Å². The Morgan fingerprint density at radius 3 is 2.64 bits per heavy atom. The van der Waals surface area contributed by atoms with Crippen molar-refractivity contribution in [2.75, 3.05) is 0 Å². The molecule has 0 saturated heterocycles. The van der Waals surface area contributed by atoms with Crippen LogP contribution in [0.15, 0.2) is 48.8 Å². The fraction of sp³-hybridized carbons (Fsp3) is 0. The third kappa shape index (κ3) is 2.24. The molecule has 0 aliphatic heterocycles. The lowest BCUT2D eigenvalue weighted by atomic mass is 10.3. The lowest BCUT2D eigenvalue weighted by molar-refractivity contribution is 0.480. The van der Waals surface area contributed by atoms with E-state index in [2.05, 4.69) is 4.98 Å². The number of benzene rings is 1. The van der Waals surface area contributed by atoms with E-state index in [1.807, 2.05) is 24.3 Å². The van der Waals surface area contributed by atoms with Crippen molar-refractivity contribution in [1.82, 2.24) is 4.98 Å². The number of hydrogen-bond donors (Lipinski definition) is 0. The van der Waals surface area contributed by atoms with Crippen molar-refractivity contribution in [3.63, 3.8) is 0 Å². The Kier molecular flexibility index (Phi) is 2.65. The molecular formula is C11H8ClNO. The summed E-state index contributed by atoms with van der Waals surface area (Å²) in [6.45, 7) is 0. The Morgan fingerprint density at radius 2 is 1.93 bits per heavy atom. The van der Waals surface area contributed by atoms with E-state index >= 15 is 0 Å². The molecule has 2 rings (SSSR count). The molecule has 0 spiro atoms. The normalized spacial score (nSPS) is 9.79. The Labute approximate surface area is 87.1 Å². The van der Waals surface area contributed by atoms with Crippen LogP contribution in [-0.2, 0) is 0 Å². The van der Waals surface area contributed by atoms with Crippen LogP contribution in [0.3, 0.4) is 0 Å². The van der Waals surface area contributed by atoms with E-state index in [-0.39, 0.29) is 0 Å². The van der Waals surface area contributed by atoms with Gasteiger partial charge in [0.1, 0.15) is 11.5 Å². The molecule has 0 unspecified atom stereocenters. The van der Waals surface area contributed by atoms with E-state index in [0.717, 1.165) is 0 Å². The average molecular weight is 206 g/mol. The van der Waals surface area contributed by atoms with Gasteiger partial charge in [0.2, 0.25) is 0 Å². The minimum absolute atomic E-state index is 0.659. The van der Waals surface area contributed by atoms with Gasteiger partial charge < -0.3 is 4.74 Å². The minimum Gasteiger partial charge on any atom is -0.456 e. The van der Waals surface area contributed by atoms with Crippen molar-refractivity contribution < 1.29 is 4.74 Å². The Morgan fingerprint density at radius 1 is 1.07 bits per heavy atom. The Balaban J connectivity index is 2.19. The lowest BCUT2D eigenvalue weighted by Crippen LogP contribution is -1.83. The molecule has 0 bridgehead atoms. The van der Waals surface area contributed by atoms with Gasteiger partial charge in [-0.25, -0.2) is 0 Å². The standard InChI is InChI=1S/C11H8ClNO/c12-9-3-1-4-10(7-9)14-11-5-2-6-13-8-11/h1-8H. The molecule has 3 heteroatoms. The highest BCUT2D eigenvalue weighted by Gasteiger charge is 1.96. The molecule has 70 valence electrons. The van der Waals surface area contributed by atoms with Gasteiger partial charge in [0.15, 0.2) is 0 Å². The van der Waals surface area contributed by atoms with Crippen LogP contribution in [-0.4, -0.2) is 4.98 Å². The third-order valence-corrected chi connectivity index (χ3v) is 1.90. The molecule has 2 nitrogen and oxygen atoms in total. The summed E-state index contributed by atoms with van der Waals surface area (Å²) >= 11 is 5.82. The van der Waals surface area contributed by atoms with Crippen molar-refractivity contribution in [3.8, 4) is 11.5 Å². The van der Waals surface area contributed by atoms with E-state index < -0.39 is 0 Å². The van der Waals surface area contributed by atoms with E-state index in [1.165, 1.54) is 0 Å². The first-order valence-electron chi connectivity index (χ1n) is 4.18.